The van der Waals surface area contributed by atoms with Crippen LogP contribution in [0.1, 0.15) is 67.9 Å². The fourth-order valence-electron chi connectivity index (χ4n) is 3.33. The SMILES string of the molecule is CCCCCCc1c(C(=O)CCCC(=O)O)n(C)c2ccccc12. The molecule has 0 fully saturated rings. The maximum Gasteiger partial charge on any atom is 0.303 e. The third kappa shape index (κ3) is 4.25. The first-order valence-corrected chi connectivity index (χ1v) is 8.87. The number of para-hydroxylation sites is 1. The van der Waals surface area contributed by atoms with Crippen molar-refractivity contribution in [1.82, 2.24) is 4.57 Å². The molecule has 0 saturated heterocycles. The summed E-state index contributed by atoms with van der Waals surface area (Å²) in [4.78, 5) is 23.4. The van der Waals surface area contributed by atoms with E-state index in [1.807, 2.05) is 29.8 Å². The second kappa shape index (κ2) is 8.67. The van der Waals surface area contributed by atoms with E-state index in [1.54, 1.807) is 0 Å². The molecule has 0 amide bonds. The van der Waals surface area contributed by atoms with Crippen LogP contribution in [0.2, 0.25) is 0 Å². The van der Waals surface area contributed by atoms with E-state index in [2.05, 4.69) is 13.0 Å². The number of fused-ring (bicyclic) bond motifs is 1. The largest absolute Gasteiger partial charge is 0.481 e. The second-order valence-corrected chi connectivity index (χ2v) is 6.38. The monoisotopic (exact) mass is 329 g/mol. The van der Waals surface area contributed by atoms with Gasteiger partial charge in [0.2, 0.25) is 0 Å². The minimum atomic E-state index is -0.848. The van der Waals surface area contributed by atoms with Crippen molar-refractivity contribution in [2.75, 3.05) is 0 Å². The fraction of sp³-hybridized carbons (Fsp3) is 0.500. The standard InChI is InChI=1S/C20H27NO3/c1-3-4-5-6-11-16-15-10-7-8-12-17(15)21(2)20(16)18(22)13-9-14-19(23)24/h7-8,10,12H,3-6,9,11,13-14H2,1-2H3,(H,23,24). The van der Waals surface area contributed by atoms with Gasteiger partial charge in [-0.25, -0.2) is 0 Å². The zero-order valence-electron chi connectivity index (χ0n) is 14.7. The maximum atomic E-state index is 12.7. The summed E-state index contributed by atoms with van der Waals surface area (Å²) in [5, 5.41) is 9.92. The lowest BCUT2D eigenvalue weighted by molar-refractivity contribution is -0.137. The average Bonchev–Trinajstić information content (AvgIpc) is 2.84. The number of carboxylic acids is 1. The Hall–Kier alpha value is -2.10. The molecule has 0 radical (unpaired) electrons. The van der Waals surface area contributed by atoms with E-state index in [1.165, 1.54) is 19.3 Å². The Kier molecular flexibility index (Phi) is 6.59. The zero-order chi connectivity index (χ0) is 17.5. The van der Waals surface area contributed by atoms with Gasteiger partial charge in [0.15, 0.2) is 5.78 Å². The number of hydrogen-bond acceptors (Lipinski definition) is 2. The molecule has 1 aromatic heterocycles. The molecule has 1 heterocycles. The van der Waals surface area contributed by atoms with Crippen LogP contribution < -0.4 is 0 Å². The molecule has 0 aliphatic heterocycles. The number of ketones is 1. The number of aromatic nitrogens is 1. The van der Waals surface area contributed by atoms with Crippen molar-refractivity contribution in [2.24, 2.45) is 7.05 Å². The van der Waals surface area contributed by atoms with E-state index in [0.29, 0.717) is 12.8 Å². The summed E-state index contributed by atoms with van der Waals surface area (Å²) in [7, 11) is 1.93. The first-order chi connectivity index (χ1) is 11.6. The average molecular weight is 329 g/mol. The van der Waals surface area contributed by atoms with Gasteiger partial charge in [-0.1, -0.05) is 44.4 Å². The molecule has 0 unspecified atom stereocenters. The predicted octanol–water partition coefficient (Wildman–Crippen LogP) is 4.74. The van der Waals surface area contributed by atoms with Gasteiger partial charge in [-0.15, -0.1) is 0 Å². The van der Waals surface area contributed by atoms with E-state index in [4.69, 9.17) is 5.11 Å². The second-order valence-electron chi connectivity index (χ2n) is 6.38. The highest BCUT2D eigenvalue weighted by Crippen LogP contribution is 2.28. The Balaban J connectivity index is 2.26. The van der Waals surface area contributed by atoms with E-state index in [-0.39, 0.29) is 12.2 Å². The summed E-state index contributed by atoms with van der Waals surface area (Å²) in [5.74, 6) is -0.792. The third-order valence-corrected chi connectivity index (χ3v) is 4.55. The van der Waals surface area contributed by atoms with Gasteiger partial charge < -0.3 is 9.67 Å². The quantitative estimate of drug-likeness (QED) is 0.506. The summed E-state index contributed by atoms with van der Waals surface area (Å²) in [5.41, 5.74) is 2.96. The summed E-state index contributed by atoms with van der Waals surface area (Å²) < 4.78 is 1.98. The Morgan fingerprint density at radius 1 is 1.04 bits per heavy atom. The van der Waals surface area contributed by atoms with Crippen LogP contribution in [0.3, 0.4) is 0 Å². The molecule has 1 N–H and O–H groups in total. The Morgan fingerprint density at radius 2 is 1.79 bits per heavy atom. The Labute approximate surface area is 143 Å². The number of rotatable bonds is 10. The molecule has 0 saturated carbocycles. The van der Waals surface area contributed by atoms with Crippen LogP contribution in [0.15, 0.2) is 24.3 Å². The highest BCUT2D eigenvalue weighted by Gasteiger charge is 2.20. The van der Waals surface area contributed by atoms with Gasteiger partial charge in [-0.05, 0) is 30.9 Å². The van der Waals surface area contributed by atoms with Crippen LogP contribution in [0.4, 0.5) is 0 Å². The number of hydrogen-bond donors (Lipinski definition) is 1. The van der Waals surface area contributed by atoms with Gasteiger partial charge in [0.25, 0.3) is 0 Å². The molecule has 0 bridgehead atoms. The molecular weight excluding hydrogens is 302 g/mol. The van der Waals surface area contributed by atoms with Crippen molar-refractivity contribution in [3.63, 3.8) is 0 Å². The first kappa shape index (κ1) is 18.2. The number of carbonyl (C=O) groups excluding carboxylic acids is 1. The fourth-order valence-corrected chi connectivity index (χ4v) is 3.33. The first-order valence-electron chi connectivity index (χ1n) is 8.87. The minimum Gasteiger partial charge on any atom is -0.481 e. The molecule has 2 aromatic rings. The topological polar surface area (TPSA) is 59.3 Å². The number of carbonyl (C=O) groups is 2. The lowest BCUT2D eigenvalue weighted by Gasteiger charge is -2.07. The van der Waals surface area contributed by atoms with Crippen molar-refractivity contribution in [2.45, 2.75) is 58.3 Å². The van der Waals surface area contributed by atoms with Crippen molar-refractivity contribution >= 4 is 22.7 Å². The number of carboxylic acid groups (broad SMARTS) is 1. The number of aryl methyl sites for hydroxylation is 2. The Bertz CT molecular complexity index is 715. The zero-order valence-corrected chi connectivity index (χ0v) is 14.7. The van der Waals surface area contributed by atoms with E-state index in [0.717, 1.165) is 35.0 Å². The Morgan fingerprint density at radius 3 is 2.50 bits per heavy atom. The van der Waals surface area contributed by atoms with E-state index in [9.17, 15) is 9.59 Å². The van der Waals surface area contributed by atoms with Crippen LogP contribution in [0, 0.1) is 0 Å². The van der Waals surface area contributed by atoms with Crippen LogP contribution in [0.5, 0.6) is 0 Å². The van der Waals surface area contributed by atoms with Crippen molar-refractivity contribution < 1.29 is 14.7 Å². The van der Waals surface area contributed by atoms with Gasteiger partial charge in [0.1, 0.15) is 0 Å². The van der Waals surface area contributed by atoms with Crippen LogP contribution in [0.25, 0.3) is 10.9 Å². The van der Waals surface area contributed by atoms with Crippen molar-refractivity contribution in [1.29, 1.82) is 0 Å². The predicted molar refractivity (Wildman–Crippen MR) is 96.6 cm³/mol. The van der Waals surface area contributed by atoms with Crippen LogP contribution in [-0.2, 0) is 18.3 Å². The van der Waals surface area contributed by atoms with Gasteiger partial charge >= 0.3 is 5.97 Å². The molecule has 130 valence electrons. The van der Waals surface area contributed by atoms with Gasteiger partial charge in [-0.2, -0.15) is 0 Å². The van der Waals surface area contributed by atoms with Gasteiger partial charge in [0.05, 0.1) is 5.69 Å². The molecule has 1 aromatic carbocycles. The number of Topliss-reactive ketones (excluding diaryl/α,β-unsaturated/α-hetero) is 1. The van der Waals surface area contributed by atoms with Crippen molar-refractivity contribution in [3.8, 4) is 0 Å². The molecule has 0 aliphatic carbocycles. The highest BCUT2D eigenvalue weighted by atomic mass is 16.4. The van der Waals surface area contributed by atoms with E-state index >= 15 is 0 Å². The lowest BCUT2D eigenvalue weighted by atomic mass is 9.99. The summed E-state index contributed by atoms with van der Waals surface area (Å²) in [6, 6.07) is 8.12. The van der Waals surface area contributed by atoms with Crippen molar-refractivity contribution in [3.05, 3.63) is 35.5 Å². The summed E-state index contributed by atoms with van der Waals surface area (Å²) in [6.45, 7) is 2.19. The van der Waals surface area contributed by atoms with Crippen LogP contribution >= 0.6 is 0 Å². The number of nitrogens with zero attached hydrogens (tertiary/aromatic N) is 1. The molecule has 0 aliphatic rings. The van der Waals surface area contributed by atoms with Crippen LogP contribution in [-0.4, -0.2) is 21.4 Å². The molecule has 24 heavy (non-hydrogen) atoms. The molecule has 4 nitrogen and oxygen atoms in total. The molecule has 2 rings (SSSR count). The number of unbranched alkanes of at least 4 members (excludes halogenated alkanes) is 3. The number of benzene rings is 1. The van der Waals surface area contributed by atoms with E-state index < -0.39 is 5.97 Å². The summed E-state index contributed by atoms with van der Waals surface area (Å²) >= 11 is 0. The molecule has 4 heteroatoms. The third-order valence-electron chi connectivity index (χ3n) is 4.55. The minimum absolute atomic E-state index is 0.0432. The normalized spacial score (nSPS) is 11.1. The molecule has 0 atom stereocenters. The smallest absolute Gasteiger partial charge is 0.303 e. The molecular formula is C20H27NO3. The lowest BCUT2D eigenvalue weighted by Crippen LogP contribution is -2.09. The summed E-state index contributed by atoms with van der Waals surface area (Å²) in [6.07, 6.45) is 6.29. The van der Waals surface area contributed by atoms with Gasteiger partial charge in [-0.3, -0.25) is 9.59 Å². The maximum absolute atomic E-state index is 12.7. The highest BCUT2D eigenvalue weighted by molar-refractivity contribution is 6.03. The van der Waals surface area contributed by atoms with Gasteiger partial charge in [0, 0.05) is 30.8 Å². The molecule has 0 spiro atoms. The number of aliphatic carboxylic acids is 1.